The fraction of sp³-hybridized carbons (Fsp3) is 0.235. The van der Waals surface area contributed by atoms with Crippen LogP contribution in [0.1, 0.15) is 23.0 Å². The van der Waals surface area contributed by atoms with E-state index in [1.807, 2.05) is 0 Å². The summed E-state index contributed by atoms with van der Waals surface area (Å²) in [6.45, 7) is 1.34. The molecule has 0 fully saturated rings. The summed E-state index contributed by atoms with van der Waals surface area (Å²) in [6, 6.07) is 0.879. The average molecular weight is 455 g/mol. The van der Waals surface area contributed by atoms with E-state index in [2.05, 4.69) is 4.98 Å². The van der Waals surface area contributed by atoms with Crippen molar-refractivity contribution in [1.82, 2.24) is 9.55 Å². The van der Waals surface area contributed by atoms with Crippen LogP contribution in [0.5, 0.6) is 6.01 Å². The number of halogens is 6. The van der Waals surface area contributed by atoms with Gasteiger partial charge in [0.25, 0.3) is 5.56 Å². The Hall–Kier alpha value is -2.59. The lowest BCUT2D eigenvalue weighted by molar-refractivity contribution is -0.141. The van der Waals surface area contributed by atoms with Crippen LogP contribution in [-0.2, 0) is 10.9 Å². The van der Waals surface area contributed by atoms with E-state index in [9.17, 15) is 27.2 Å². The van der Waals surface area contributed by atoms with Crippen molar-refractivity contribution in [3.63, 3.8) is 0 Å². The van der Waals surface area contributed by atoms with Gasteiger partial charge in [0.1, 0.15) is 12.4 Å². The van der Waals surface area contributed by atoms with Crippen molar-refractivity contribution in [2.45, 2.75) is 13.1 Å². The zero-order chi connectivity index (χ0) is 21.9. The quantitative estimate of drug-likeness (QED) is 0.496. The summed E-state index contributed by atoms with van der Waals surface area (Å²) in [4.78, 5) is 27.6. The van der Waals surface area contributed by atoms with E-state index >= 15 is 0 Å². The molecule has 0 spiro atoms. The molecule has 0 unspecified atom stereocenters. The smallest absolute Gasteiger partial charge is 0.433 e. The predicted molar refractivity (Wildman–Crippen MR) is 96.2 cm³/mol. The van der Waals surface area contributed by atoms with Crippen molar-refractivity contribution in [2.75, 3.05) is 13.7 Å². The van der Waals surface area contributed by atoms with E-state index in [-0.39, 0.29) is 23.3 Å². The van der Waals surface area contributed by atoms with Gasteiger partial charge in [0.15, 0.2) is 5.69 Å². The molecule has 0 amide bonds. The van der Waals surface area contributed by atoms with E-state index in [0.29, 0.717) is 15.7 Å². The van der Waals surface area contributed by atoms with Crippen molar-refractivity contribution in [1.29, 1.82) is 0 Å². The molecule has 156 valence electrons. The Morgan fingerprint density at radius 3 is 2.52 bits per heavy atom. The molecular formula is C17H12Cl2F4N2O4. The van der Waals surface area contributed by atoms with Crippen LogP contribution in [-0.4, -0.2) is 29.2 Å². The molecule has 0 bridgehead atoms. The van der Waals surface area contributed by atoms with Crippen molar-refractivity contribution in [3.05, 3.63) is 61.8 Å². The molecule has 29 heavy (non-hydrogen) atoms. The van der Waals surface area contributed by atoms with Gasteiger partial charge in [0.05, 0.1) is 23.4 Å². The number of allylic oxidation sites excluding steroid dienone is 1. The summed E-state index contributed by atoms with van der Waals surface area (Å²) in [5.74, 6) is -2.08. The SMILES string of the molecule is COc1nc(C(F)(F)F)cc(=O)n1-c1cc(C(=O)OCC=C(C)Cl)c(Cl)cc1F. The lowest BCUT2D eigenvalue weighted by Gasteiger charge is -2.15. The van der Waals surface area contributed by atoms with Gasteiger partial charge < -0.3 is 9.47 Å². The number of carbonyl (C=O) groups is 1. The Morgan fingerprint density at radius 1 is 1.31 bits per heavy atom. The Labute approximate surface area is 171 Å². The second kappa shape index (κ2) is 8.83. The number of hydrogen-bond donors (Lipinski definition) is 0. The fourth-order valence-electron chi connectivity index (χ4n) is 2.14. The van der Waals surface area contributed by atoms with Crippen LogP contribution in [0, 0.1) is 5.82 Å². The maximum absolute atomic E-state index is 14.4. The molecule has 12 heteroatoms. The van der Waals surface area contributed by atoms with Crippen molar-refractivity contribution in [2.24, 2.45) is 0 Å². The number of hydrogen-bond acceptors (Lipinski definition) is 5. The summed E-state index contributed by atoms with van der Waals surface area (Å²) in [5, 5.41) is 0.0190. The molecule has 0 atom stereocenters. The highest BCUT2D eigenvalue weighted by molar-refractivity contribution is 6.33. The van der Waals surface area contributed by atoms with Gasteiger partial charge in [-0.15, -0.1) is 0 Å². The average Bonchev–Trinajstić information content (AvgIpc) is 2.60. The third kappa shape index (κ3) is 5.27. The number of rotatable bonds is 5. The number of benzene rings is 1. The topological polar surface area (TPSA) is 70.4 Å². The standard InChI is InChI=1S/C17H12Cl2F4N2O4/c1-8(18)3-4-29-15(27)9-5-12(11(20)6-10(9)19)25-14(26)7-13(17(21,22)23)24-16(25)28-2/h3,5-7H,4H2,1-2H3. The van der Waals surface area contributed by atoms with Crippen molar-refractivity contribution < 1.29 is 31.8 Å². The molecule has 0 saturated heterocycles. The zero-order valence-corrected chi connectivity index (χ0v) is 16.3. The van der Waals surface area contributed by atoms with Crippen LogP contribution in [0.25, 0.3) is 5.69 Å². The molecule has 1 aromatic heterocycles. The Bertz CT molecular complexity index is 1030. The van der Waals surface area contributed by atoms with Crippen LogP contribution >= 0.6 is 23.2 Å². The van der Waals surface area contributed by atoms with E-state index in [1.54, 1.807) is 6.92 Å². The van der Waals surface area contributed by atoms with Gasteiger partial charge in [0, 0.05) is 11.1 Å². The number of ether oxygens (including phenoxy) is 2. The lowest BCUT2D eigenvalue weighted by Crippen LogP contribution is -2.25. The molecule has 6 nitrogen and oxygen atoms in total. The molecule has 0 aliphatic heterocycles. The minimum atomic E-state index is -4.92. The van der Waals surface area contributed by atoms with Gasteiger partial charge in [-0.1, -0.05) is 23.2 Å². The number of carbonyl (C=O) groups excluding carboxylic acids is 1. The van der Waals surface area contributed by atoms with E-state index in [0.717, 1.165) is 13.2 Å². The number of methoxy groups -OCH3 is 1. The Morgan fingerprint density at radius 2 is 1.97 bits per heavy atom. The molecule has 2 aromatic rings. The first-order valence-corrected chi connectivity index (χ1v) is 8.45. The third-order valence-corrected chi connectivity index (χ3v) is 3.90. The Kier molecular flexibility index (Phi) is 6.91. The minimum Gasteiger partial charge on any atom is -0.468 e. The van der Waals surface area contributed by atoms with Crippen LogP contribution in [0.2, 0.25) is 5.02 Å². The number of esters is 1. The normalized spacial score (nSPS) is 12.1. The number of aromatic nitrogens is 2. The van der Waals surface area contributed by atoms with Gasteiger partial charge in [-0.25, -0.2) is 13.8 Å². The fourth-order valence-corrected chi connectivity index (χ4v) is 2.43. The van der Waals surface area contributed by atoms with Crippen molar-refractivity contribution in [3.8, 4) is 11.7 Å². The second-order valence-corrected chi connectivity index (χ2v) is 6.48. The second-order valence-electron chi connectivity index (χ2n) is 5.47. The van der Waals surface area contributed by atoms with Crippen molar-refractivity contribution >= 4 is 29.2 Å². The lowest BCUT2D eigenvalue weighted by atomic mass is 10.2. The van der Waals surface area contributed by atoms with Gasteiger partial charge in [-0.3, -0.25) is 4.79 Å². The summed E-state index contributed by atoms with van der Waals surface area (Å²) in [5.41, 5.74) is -3.75. The first kappa shape index (κ1) is 22.7. The highest BCUT2D eigenvalue weighted by Gasteiger charge is 2.35. The third-order valence-electron chi connectivity index (χ3n) is 3.44. The van der Waals surface area contributed by atoms with Crippen LogP contribution in [0.15, 0.2) is 34.1 Å². The highest BCUT2D eigenvalue weighted by Crippen LogP contribution is 2.30. The highest BCUT2D eigenvalue weighted by atomic mass is 35.5. The summed E-state index contributed by atoms with van der Waals surface area (Å²) in [6.07, 6.45) is -3.54. The number of alkyl halides is 3. The van der Waals surface area contributed by atoms with Gasteiger partial charge in [-0.05, 0) is 25.1 Å². The van der Waals surface area contributed by atoms with Crippen LogP contribution < -0.4 is 10.3 Å². The first-order chi connectivity index (χ1) is 13.5. The summed E-state index contributed by atoms with van der Waals surface area (Å²) < 4.78 is 63.1. The van der Waals surface area contributed by atoms with Gasteiger partial charge >= 0.3 is 18.2 Å². The zero-order valence-electron chi connectivity index (χ0n) is 14.8. The van der Waals surface area contributed by atoms with Gasteiger partial charge in [0.2, 0.25) is 0 Å². The van der Waals surface area contributed by atoms with Crippen LogP contribution in [0.4, 0.5) is 17.6 Å². The molecule has 0 aliphatic carbocycles. The predicted octanol–water partition coefficient (Wildman–Crippen LogP) is 4.35. The molecule has 1 heterocycles. The van der Waals surface area contributed by atoms with Gasteiger partial charge in [-0.2, -0.15) is 18.2 Å². The first-order valence-electron chi connectivity index (χ1n) is 7.69. The summed E-state index contributed by atoms with van der Waals surface area (Å²) >= 11 is 11.5. The molecule has 0 saturated carbocycles. The minimum absolute atomic E-state index is 0.169. The number of nitrogens with zero attached hydrogens (tertiary/aromatic N) is 2. The Balaban J connectivity index is 2.60. The van der Waals surface area contributed by atoms with E-state index in [4.69, 9.17) is 32.7 Å². The molecule has 1 aromatic carbocycles. The molecular weight excluding hydrogens is 443 g/mol. The maximum Gasteiger partial charge on any atom is 0.433 e. The van der Waals surface area contributed by atoms with Crippen LogP contribution in [0.3, 0.4) is 0 Å². The molecule has 0 aliphatic rings. The maximum atomic E-state index is 14.4. The largest absolute Gasteiger partial charge is 0.468 e. The molecule has 0 radical (unpaired) electrons. The monoisotopic (exact) mass is 454 g/mol. The molecule has 0 N–H and O–H groups in total. The van der Waals surface area contributed by atoms with E-state index in [1.165, 1.54) is 6.08 Å². The summed E-state index contributed by atoms with van der Waals surface area (Å²) in [7, 11) is 0.947. The van der Waals surface area contributed by atoms with E-state index < -0.39 is 40.9 Å². The molecule has 2 rings (SSSR count).